The van der Waals surface area contributed by atoms with Crippen LogP contribution in [0.25, 0.3) is 0 Å². The quantitative estimate of drug-likeness (QED) is 0.298. The van der Waals surface area contributed by atoms with Crippen molar-refractivity contribution in [2.24, 2.45) is 5.92 Å². The third kappa shape index (κ3) is 9.41. The molecule has 3 aromatic carbocycles. The minimum atomic E-state index is -0.604. The van der Waals surface area contributed by atoms with Crippen molar-refractivity contribution in [1.82, 2.24) is 10.2 Å². The minimum absolute atomic E-state index is 0.0475. The molecular formula is C32H40N2O3. The van der Waals surface area contributed by atoms with Gasteiger partial charge in [-0.05, 0) is 49.4 Å². The second-order valence-electron chi connectivity index (χ2n) is 10.1. The highest BCUT2D eigenvalue weighted by Crippen LogP contribution is 2.18. The van der Waals surface area contributed by atoms with Gasteiger partial charge in [0.25, 0.3) is 0 Å². The van der Waals surface area contributed by atoms with E-state index in [1.54, 1.807) is 4.90 Å². The number of nitrogens with one attached hydrogen (secondary N) is 1. The smallest absolute Gasteiger partial charge is 0.243 e. The first-order valence-electron chi connectivity index (χ1n) is 13.2. The van der Waals surface area contributed by atoms with Crippen molar-refractivity contribution < 1.29 is 14.3 Å². The van der Waals surface area contributed by atoms with Crippen LogP contribution in [0.15, 0.2) is 78.9 Å². The number of nitrogens with zero attached hydrogens (tertiary/aromatic N) is 1. The molecule has 1 atom stereocenters. The third-order valence-corrected chi connectivity index (χ3v) is 6.25. The van der Waals surface area contributed by atoms with Crippen molar-refractivity contribution in [1.29, 1.82) is 0 Å². The van der Waals surface area contributed by atoms with Gasteiger partial charge in [-0.15, -0.1) is 0 Å². The van der Waals surface area contributed by atoms with Gasteiger partial charge in [0.1, 0.15) is 11.8 Å². The summed E-state index contributed by atoms with van der Waals surface area (Å²) in [7, 11) is 0. The molecule has 3 rings (SSSR count). The Morgan fingerprint density at radius 2 is 1.46 bits per heavy atom. The summed E-state index contributed by atoms with van der Waals surface area (Å²) in [6, 6.07) is 25.3. The van der Waals surface area contributed by atoms with Gasteiger partial charge in [-0.2, -0.15) is 0 Å². The van der Waals surface area contributed by atoms with Crippen molar-refractivity contribution in [3.63, 3.8) is 0 Å². The first-order chi connectivity index (χ1) is 17.8. The minimum Gasteiger partial charge on any atom is -0.494 e. The number of hydrogen-bond donors (Lipinski definition) is 1. The van der Waals surface area contributed by atoms with E-state index in [-0.39, 0.29) is 11.8 Å². The zero-order valence-corrected chi connectivity index (χ0v) is 22.6. The molecule has 0 saturated heterocycles. The van der Waals surface area contributed by atoms with Gasteiger partial charge in [-0.25, -0.2) is 0 Å². The Kier molecular flexibility index (Phi) is 10.8. The molecule has 2 amide bonds. The zero-order chi connectivity index (χ0) is 26.6. The Labute approximate surface area is 221 Å². The van der Waals surface area contributed by atoms with Crippen LogP contribution in [0.5, 0.6) is 5.75 Å². The standard InChI is InChI=1S/C32H40N2O3/c1-24(2)22-33-32(36)30(21-27-9-6-5-7-10-27)34(23-28-16-12-25(3)13-17-28)31(35)11-8-20-37-29-18-14-26(4)15-19-29/h5-7,9-10,12-19,24,30H,8,11,20-23H2,1-4H3,(H,33,36)/t30-/m1/s1. The van der Waals surface area contributed by atoms with Crippen molar-refractivity contribution >= 4 is 11.8 Å². The fraction of sp³-hybridized carbons (Fsp3) is 0.375. The molecule has 0 saturated carbocycles. The van der Waals surface area contributed by atoms with Crippen LogP contribution in [-0.4, -0.2) is 35.9 Å². The predicted octanol–water partition coefficient (Wildman–Crippen LogP) is 5.87. The largest absolute Gasteiger partial charge is 0.494 e. The molecule has 1 N–H and O–H groups in total. The van der Waals surface area contributed by atoms with E-state index in [1.807, 2.05) is 92.7 Å². The highest BCUT2D eigenvalue weighted by atomic mass is 16.5. The molecule has 0 heterocycles. The first kappa shape index (κ1) is 28.0. The number of carbonyl (C=O) groups is 2. The van der Waals surface area contributed by atoms with Crippen LogP contribution >= 0.6 is 0 Å². The molecule has 0 aliphatic heterocycles. The average Bonchev–Trinajstić information content (AvgIpc) is 2.89. The Morgan fingerprint density at radius 1 is 0.838 bits per heavy atom. The number of ether oxygens (including phenoxy) is 1. The van der Waals surface area contributed by atoms with Crippen LogP contribution in [0.3, 0.4) is 0 Å². The van der Waals surface area contributed by atoms with Gasteiger partial charge in [0.15, 0.2) is 0 Å². The molecule has 0 radical (unpaired) electrons. The first-order valence-corrected chi connectivity index (χ1v) is 13.2. The molecule has 0 aliphatic carbocycles. The zero-order valence-electron chi connectivity index (χ0n) is 22.6. The van der Waals surface area contributed by atoms with E-state index in [0.717, 1.165) is 22.4 Å². The molecule has 196 valence electrons. The van der Waals surface area contributed by atoms with Gasteiger partial charge in [-0.3, -0.25) is 9.59 Å². The molecule has 0 aliphatic rings. The Hall–Kier alpha value is -3.60. The summed E-state index contributed by atoms with van der Waals surface area (Å²) in [6.45, 7) is 9.60. The lowest BCUT2D eigenvalue weighted by Gasteiger charge is -2.32. The predicted molar refractivity (Wildman–Crippen MR) is 149 cm³/mol. The number of amides is 2. The van der Waals surface area contributed by atoms with Crippen LogP contribution in [0.4, 0.5) is 0 Å². The van der Waals surface area contributed by atoms with Crippen molar-refractivity contribution in [2.45, 2.75) is 59.5 Å². The molecule has 3 aromatic rings. The lowest BCUT2D eigenvalue weighted by atomic mass is 10.0. The van der Waals surface area contributed by atoms with E-state index in [2.05, 4.69) is 19.2 Å². The summed E-state index contributed by atoms with van der Waals surface area (Å²) in [5.41, 5.74) is 4.36. The maximum absolute atomic E-state index is 13.6. The highest BCUT2D eigenvalue weighted by Gasteiger charge is 2.30. The number of carbonyl (C=O) groups excluding carboxylic acids is 2. The fourth-order valence-corrected chi connectivity index (χ4v) is 4.06. The van der Waals surface area contributed by atoms with E-state index in [4.69, 9.17) is 4.74 Å². The van der Waals surface area contributed by atoms with Gasteiger partial charge in [0, 0.05) is 25.9 Å². The van der Waals surface area contributed by atoms with Gasteiger partial charge < -0.3 is 15.0 Å². The van der Waals surface area contributed by atoms with Crippen molar-refractivity contribution in [3.8, 4) is 5.75 Å². The number of benzene rings is 3. The molecule has 0 fully saturated rings. The van der Waals surface area contributed by atoms with E-state index in [9.17, 15) is 9.59 Å². The van der Waals surface area contributed by atoms with Crippen LogP contribution in [0.2, 0.25) is 0 Å². The lowest BCUT2D eigenvalue weighted by Crippen LogP contribution is -2.51. The number of aryl methyl sites for hydroxylation is 2. The molecule has 5 nitrogen and oxygen atoms in total. The topological polar surface area (TPSA) is 58.6 Å². The van der Waals surface area contributed by atoms with E-state index in [0.29, 0.717) is 44.9 Å². The molecule has 0 bridgehead atoms. The van der Waals surface area contributed by atoms with Crippen LogP contribution in [-0.2, 0) is 22.6 Å². The molecular weight excluding hydrogens is 460 g/mol. The summed E-state index contributed by atoms with van der Waals surface area (Å²) >= 11 is 0. The summed E-state index contributed by atoms with van der Waals surface area (Å²) in [4.78, 5) is 28.8. The van der Waals surface area contributed by atoms with Gasteiger partial charge >= 0.3 is 0 Å². The van der Waals surface area contributed by atoms with Crippen LogP contribution < -0.4 is 10.1 Å². The van der Waals surface area contributed by atoms with E-state index in [1.165, 1.54) is 5.56 Å². The summed E-state index contributed by atoms with van der Waals surface area (Å²) < 4.78 is 5.84. The molecule has 0 aromatic heterocycles. The molecule has 37 heavy (non-hydrogen) atoms. The van der Waals surface area contributed by atoms with E-state index < -0.39 is 6.04 Å². The summed E-state index contributed by atoms with van der Waals surface area (Å²) in [6.07, 6.45) is 1.34. The average molecular weight is 501 g/mol. The summed E-state index contributed by atoms with van der Waals surface area (Å²) in [5.74, 6) is 0.953. The second-order valence-corrected chi connectivity index (χ2v) is 10.1. The van der Waals surface area contributed by atoms with Crippen molar-refractivity contribution in [3.05, 3.63) is 101 Å². The third-order valence-electron chi connectivity index (χ3n) is 6.25. The maximum atomic E-state index is 13.6. The second kappa shape index (κ2) is 14.2. The molecule has 0 unspecified atom stereocenters. The van der Waals surface area contributed by atoms with Gasteiger partial charge in [0.2, 0.25) is 11.8 Å². The molecule has 5 heteroatoms. The highest BCUT2D eigenvalue weighted by molar-refractivity contribution is 5.88. The Balaban J connectivity index is 1.77. The van der Waals surface area contributed by atoms with Crippen molar-refractivity contribution in [2.75, 3.05) is 13.2 Å². The fourth-order valence-electron chi connectivity index (χ4n) is 4.06. The molecule has 0 spiro atoms. The number of hydrogen-bond acceptors (Lipinski definition) is 3. The number of rotatable bonds is 13. The van der Waals surface area contributed by atoms with Crippen LogP contribution in [0, 0.1) is 19.8 Å². The van der Waals surface area contributed by atoms with Gasteiger partial charge in [-0.1, -0.05) is 91.7 Å². The summed E-state index contributed by atoms with van der Waals surface area (Å²) in [5, 5.41) is 3.07. The maximum Gasteiger partial charge on any atom is 0.243 e. The SMILES string of the molecule is Cc1ccc(CN(C(=O)CCCOc2ccc(C)cc2)[C@H](Cc2ccccc2)C(=O)NCC(C)C)cc1. The Morgan fingerprint density at radius 3 is 2.08 bits per heavy atom. The normalized spacial score (nSPS) is 11.7. The van der Waals surface area contributed by atoms with Gasteiger partial charge in [0.05, 0.1) is 6.61 Å². The lowest BCUT2D eigenvalue weighted by molar-refractivity contribution is -0.141. The van der Waals surface area contributed by atoms with E-state index >= 15 is 0 Å². The van der Waals surface area contributed by atoms with Crippen LogP contribution in [0.1, 0.15) is 48.9 Å². The Bertz CT molecular complexity index is 1110. The monoisotopic (exact) mass is 500 g/mol.